The molecule has 0 bridgehead atoms. The number of hydrogen-bond acceptors (Lipinski definition) is 4. The van der Waals surface area contributed by atoms with Gasteiger partial charge in [-0.15, -0.1) is 0 Å². The van der Waals surface area contributed by atoms with Crippen molar-refractivity contribution in [3.63, 3.8) is 0 Å². The molecule has 1 amide bonds. The minimum absolute atomic E-state index is 0.188. The van der Waals surface area contributed by atoms with Crippen molar-refractivity contribution in [2.75, 3.05) is 17.8 Å². The molecule has 0 saturated carbocycles. The maximum atomic E-state index is 12.5. The predicted molar refractivity (Wildman–Crippen MR) is 126 cm³/mol. The highest BCUT2D eigenvalue weighted by Crippen LogP contribution is 2.17. The van der Waals surface area contributed by atoms with Gasteiger partial charge >= 0.3 is 0 Å². The topological polar surface area (TPSA) is 78.5 Å². The number of likely N-dealkylation sites (tertiary alicyclic amines) is 1. The van der Waals surface area contributed by atoms with E-state index in [-0.39, 0.29) is 10.8 Å². The zero-order chi connectivity index (χ0) is 22.4. The molecule has 0 aromatic heterocycles. The lowest BCUT2D eigenvalue weighted by Gasteiger charge is -2.14. The largest absolute Gasteiger partial charge is 0.348 e. The van der Waals surface area contributed by atoms with Gasteiger partial charge in [0.05, 0.1) is 4.90 Å². The molecule has 166 valence electrons. The summed E-state index contributed by atoms with van der Waals surface area (Å²) in [4.78, 5) is 15.1. The normalized spacial score (nSPS) is 14.2. The molecule has 3 aromatic rings. The van der Waals surface area contributed by atoms with Gasteiger partial charge in [-0.25, -0.2) is 8.42 Å². The van der Waals surface area contributed by atoms with E-state index in [1.807, 2.05) is 12.1 Å². The van der Waals surface area contributed by atoms with E-state index < -0.39 is 10.0 Å². The van der Waals surface area contributed by atoms with Crippen LogP contribution in [0.25, 0.3) is 0 Å². The molecule has 0 aliphatic carbocycles. The molecule has 2 N–H and O–H groups in total. The van der Waals surface area contributed by atoms with Crippen LogP contribution in [-0.4, -0.2) is 32.3 Å². The standard InChI is InChI=1S/C25H27N3O3S/c29-25(26-18-20-8-10-21(11-9-20)19-28-16-4-5-17-28)22-12-14-23(15-13-22)27-32(30,31)24-6-2-1-3-7-24/h1-3,6-15,27H,4-5,16-19H2,(H,26,29). The summed E-state index contributed by atoms with van der Waals surface area (Å²) in [6.45, 7) is 3.76. The molecule has 6 nitrogen and oxygen atoms in total. The van der Waals surface area contributed by atoms with Crippen LogP contribution in [0, 0.1) is 0 Å². The molecule has 1 fully saturated rings. The lowest BCUT2D eigenvalue weighted by atomic mass is 10.1. The predicted octanol–water partition coefficient (Wildman–Crippen LogP) is 4.01. The van der Waals surface area contributed by atoms with Gasteiger partial charge in [-0.05, 0) is 73.5 Å². The minimum Gasteiger partial charge on any atom is -0.348 e. The summed E-state index contributed by atoms with van der Waals surface area (Å²) in [6.07, 6.45) is 2.56. The quantitative estimate of drug-likeness (QED) is 0.545. The van der Waals surface area contributed by atoms with Gasteiger partial charge in [0.1, 0.15) is 0 Å². The van der Waals surface area contributed by atoms with Crippen molar-refractivity contribution in [3.05, 3.63) is 95.6 Å². The van der Waals surface area contributed by atoms with Crippen molar-refractivity contribution in [1.29, 1.82) is 0 Å². The maximum Gasteiger partial charge on any atom is 0.261 e. The van der Waals surface area contributed by atoms with Crippen molar-refractivity contribution in [3.8, 4) is 0 Å². The van der Waals surface area contributed by atoms with Crippen molar-refractivity contribution < 1.29 is 13.2 Å². The van der Waals surface area contributed by atoms with E-state index in [0.717, 1.165) is 12.1 Å². The van der Waals surface area contributed by atoms with E-state index in [1.165, 1.54) is 43.6 Å². The number of rotatable bonds is 8. The molecule has 0 radical (unpaired) electrons. The minimum atomic E-state index is -3.66. The number of nitrogens with zero attached hydrogens (tertiary/aromatic N) is 1. The van der Waals surface area contributed by atoms with Crippen LogP contribution in [0.1, 0.15) is 34.3 Å². The number of amides is 1. The summed E-state index contributed by atoms with van der Waals surface area (Å²) in [5.74, 6) is -0.205. The number of nitrogens with one attached hydrogen (secondary N) is 2. The zero-order valence-corrected chi connectivity index (χ0v) is 18.6. The second-order valence-corrected chi connectivity index (χ2v) is 9.66. The molecule has 0 atom stereocenters. The van der Waals surface area contributed by atoms with Crippen LogP contribution in [0.4, 0.5) is 5.69 Å². The summed E-state index contributed by atoms with van der Waals surface area (Å²) in [6, 6.07) is 22.9. The van der Waals surface area contributed by atoms with E-state index in [9.17, 15) is 13.2 Å². The smallest absolute Gasteiger partial charge is 0.261 e. The van der Waals surface area contributed by atoms with Crippen LogP contribution in [0.15, 0.2) is 83.8 Å². The van der Waals surface area contributed by atoms with Crippen molar-refractivity contribution in [2.45, 2.75) is 30.8 Å². The highest BCUT2D eigenvalue weighted by molar-refractivity contribution is 7.92. The third-order valence-corrected chi connectivity index (χ3v) is 6.93. The Morgan fingerprint density at radius 2 is 1.44 bits per heavy atom. The number of carbonyl (C=O) groups is 1. The van der Waals surface area contributed by atoms with Crippen LogP contribution < -0.4 is 10.0 Å². The Bertz CT molecular complexity index is 1140. The molecule has 1 saturated heterocycles. The van der Waals surface area contributed by atoms with E-state index >= 15 is 0 Å². The fourth-order valence-electron chi connectivity index (χ4n) is 3.75. The maximum absolute atomic E-state index is 12.5. The molecular formula is C25H27N3O3S. The number of anilines is 1. The van der Waals surface area contributed by atoms with E-state index in [2.05, 4.69) is 27.1 Å². The first-order chi connectivity index (χ1) is 15.5. The van der Waals surface area contributed by atoms with Gasteiger partial charge in [-0.2, -0.15) is 0 Å². The van der Waals surface area contributed by atoms with E-state index in [1.54, 1.807) is 42.5 Å². The summed E-state index contributed by atoms with van der Waals surface area (Å²) in [7, 11) is -3.66. The Morgan fingerprint density at radius 3 is 2.09 bits per heavy atom. The SMILES string of the molecule is O=C(NCc1ccc(CN2CCCC2)cc1)c1ccc(NS(=O)(=O)c2ccccc2)cc1. The van der Waals surface area contributed by atoms with E-state index in [0.29, 0.717) is 17.8 Å². The summed E-state index contributed by atoms with van der Waals surface area (Å²) in [5, 5.41) is 2.91. The van der Waals surface area contributed by atoms with Gasteiger partial charge < -0.3 is 5.32 Å². The Kier molecular flexibility index (Phi) is 6.87. The summed E-state index contributed by atoms with van der Waals surface area (Å²) in [5.41, 5.74) is 3.20. The first-order valence-electron chi connectivity index (χ1n) is 10.8. The second kappa shape index (κ2) is 9.97. The first-order valence-corrected chi connectivity index (χ1v) is 12.2. The molecule has 7 heteroatoms. The van der Waals surface area contributed by atoms with Crippen molar-refractivity contribution in [2.24, 2.45) is 0 Å². The molecule has 4 rings (SSSR count). The van der Waals surface area contributed by atoms with Crippen molar-refractivity contribution >= 4 is 21.6 Å². The Balaban J connectivity index is 1.30. The average molecular weight is 450 g/mol. The van der Waals surface area contributed by atoms with Crippen LogP contribution in [0.3, 0.4) is 0 Å². The van der Waals surface area contributed by atoms with Gasteiger partial charge in [-0.3, -0.25) is 14.4 Å². The van der Waals surface area contributed by atoms with Gasteiger partial charge in [0.15, 0.2) is 0 Å². The fraction of sp³-hybridized carbons (Fsp3) is 0.240. The molecule has 0 spiro atoms. The highest BCUT2D eigenvalue weighted by atomic mass is 32.2. The van der Waals surface area contributed by atoms with Crippen LogP contribution in [-0.2, 0) is 23.1 Å². The molecule has 1 aliphatic rings. The monoisotopic (exact) mass is 449 g/mol. The Morgan fingerprint density at radius 1 is 0.812 bits per heavy atom. The molecule has 1 heterocycles. The molecule has 1 aliphatic heterocycles. The average Bonchev–Trinajstić information content (AvgIpc) is 3.32. The lowest BCUT2D eigenvalue weighted by molar-refractivity contribution is 0.0951. The first kappa shape index (κ1) is 22.0. The van der Waals surface area contributed by atoms with Gasteiger partial charge in [0.2, 0.25) is 0 Å². The third-order valence-electron chi connectivity index (χ3n) is 5.53. The molecule has 3 aromatic carbocycles. The lowest BCUT2D eigenvalue weighted by Crippen LogP contribution is -2.23. The van der Waals surface area contributed by atoms with Crippen LogP contribution in [0.5, 0.6) is 0 Å². The molecule has 32 heavy (non-hydrogen) atoms. The van der Waals surface area contributed by atoms with Crippen molar-refractivity contribution in [1.82, 2.24) is 10.2 Å². The van der Waals surface area contributed by atoms with Crippen LogP contribution in [0.2, 0.25) is 0 Å². The van der Waals surface area contributed by atoms with Crippen LogP contribution >= 0.6 is 0 Å². The number of carbonyl (C=O) groups excluding carboxylic acids is 1. The zero-order valence-electron chi connectivity index (χ0n) is 17.8. The summed E-state index contributed by atoms with van der Waals surface area (Å²) >= 11 is 0. The number of sulfonamides is 1. The molecule has 0 unspecified atom stereocenters. The van der Waals surface area contributed by atoms with Gasteiger partial charge in [0, 0.05) is 24.3 Å². The second-order valence-electron chi connectivity index (χ2n) is 7.98. The fourth-order valence-corrected chi connectivity index (χ4v) is 4.83. The highest BCUT2D eigenvalue weighted by Gasteiger charge is 2.14. The van der Waals surface area contributed by atoms with Gasteiger partial charge in [-0.1, -0.05) is 42.5 Å². The number of hydrogen-bond donors (Lipinski definition) is 2. The summed E-state index contributed by atoms with van der Waals surface area (Å²) < 4.78 is 27.3. The Labute approximate surface area is 189 Å². The molecular weight excluding hydrogens is 422 g/mol. The van der Waals surface area contributed by atoms with Gasteiger partial charge in [0.25, 0.3) is 15.9 Å². The Hall–Kier alpha value is -3.16. The van der Waals surface area contributed by atoms with E-state index in [4.69, 9.17) is 0 Å². The third kappa shape index (κ3) is 5.75. The number of benzene rings is 3.